The monoisotopic (exact) mass is 1230 g/mol. The topological polar surface area (TPSA) is 292 Å². The van der Waals surface area contributed by atoms with Gasteiger partial charge in [0, 0.05) is 78.6 Å². The molecule has 2 aromatic carbocycles. The highest BCUT2D eigenvalue weighted by molar-refractivity contribution is 6.12. The molecular weight excluding hydrogens is 1150 g/mol. The van der Waals surface area contributed by atoms with Crippen molar-refractivity contribution in [3.8, 4) is 11.4 Å². The summed E-state index contributed by atoms with van der Waals surface area (Å²) in [6, 6.07) is 8.58. The fraction of sp³-hybridized carbons (Fsp3) is 0.530. The molecule has 89 heavy (non-hydrogen) atoms. The van der Waals surface area contributed by atoms with Crippen LogP contribution in [-0.2, 0) is 78.7 Å². The maximum absolute atomic E-state index is 15.3. The van der Waals surface area contributed by atoms with Crippen LogP contribution in [0.4, 0.5) is 14.9 Å². The first-order valence-corrected chi connectivity index (χ1v) is 30.7. The van der Waals surface area contributed by atoms with Gasteiger partial charge in [-0.3, -0.25) is 43.3 Å². The maximum Gasteiger partial charge on any atom is 0.407 e. The Balaban J connectivity index is 0.000000330. The molecule has 0 spiro atoms. The Labute approximate surface area is 519 Å². The zero-order chi connectivity index (χ0) is 65.3. The Hall–Kier alpha value is -8.18. The lowest BCUT2D eigenvalue weighted by Gasteiger charge is -2.29. The Morgan fingerprint density at radius 1 is 0.876 bits per heavy atom. The van der Waals surface area contributed by atoms with E-state index >= 15 is 4.39 Å². The Bertz CT molecular complexity index is 3320. The lowest BCUT2D eigenvalue weighted by Crippen LogP contribution is -2.50. The van der Waals surface area contributed by atoms with Crippen LogP contribution in [0.5, 0.6) is 0 Å². The summed E-state index contributed by atoms with van der Waals surface area (Å²) in [6.45, 7) is 20.0. The van der Waals surface area contributed by atoms with Gasteiger partial charge in [-0.15, -0.1) is 0 Å². The van der Waals surface area contributed by atoms with Crippen LogP contribution in [0.2, 0.25) is 0 Å². The van der Waals surface area contributed by atoms with E-state index in [1.807, 2.05) is 40.7 Å². The number of nitrogens with one attached hydrogen (secondary N) is 6. The molecule has 22 nitrogen and oxygen atoms in total. The SMILES string of the molecule is CC(C)OCCC(C)(C)NC(=O)CNC=O.CC1CCC(CN2C(=O)C=CC2=O)CC1.CCC(=O)NC(C(=O)NCC(=O)Nc1ccc(COC(=O)NC2CCc3c(C)c(F)cc4nc5c(c2c34)Cn2c-5cc(C(C=O)CC)c(COC)c2=O)cc1)C(C)C. The molecule has 3 unspecified atom stereocenters. The van der Waals surface area contributed by atoms with Crippen molar-refractivity contribution in [2.24, 2.45) is 17.8 Å². The number of pyridine rings is 2. The lowest BCUT2D eigenvalue weighted by molar-refractivity contribution is -0.138. The highest BCUT2D eigenvalue weighted by Crippen LogP contribution is 2.45. The number of methoxy groups -OCH3 is 1. The van der Waals surface area contributed by atoms with Gasteiger partial charge in [-0.05, 0) is 137 Å². The summed E-state index contributed by atoms with van der Waals surface area (Å²) >= 11 is 0. The normalized spacial score (nSPS) is 17.1. The van der Waals surface area contributed by atoms with Gasteiger partial charge in [-0.1, -0.05) is 59.6 Å². The van der Waals surface area contributed by atoms with E-state index in [-0.39, 0.29) is 86.0 Å². The van der Waals surface area contributed by atoms with Crippen LogP contribution >= 0.6 is 0 Å². The third kappa shape index (κ3) is 18.7. The van der Waals surface area contributed by atoms with Gasteiger partial charge in [0.2, 0.25) is 30.0 Å². The average Bonchev–Trinajstić information content (AvgIpc) is 1.66. The number of aromatic nitrogens is 2. The van der Waals surface area contributed by atoms with Gasteiger partial charge < -0.3 is 55.5 Å². The first-order chi connectivity index (χ1) is 42.3. The van der Waals surface area contributed by atoms with Crippen molar-refractivity contribution >= 4 is 70.8 Å². The fourth-order valence-corrected chi connectivity index (χ4v) is 11.4. The smallest absolute Gasteiger partial charge is 0.407 e. The Morgan fingerprint density at radius 2 is 1.56 bits per heavy atom. The van der Waals surface area contributed by atoms with Crippen LogP contribution in [0.1, 0.15) is 165 Å². The molecular formula is C66H88FN9O13. The quantitative estimate of drug-likeness (QED) is 0.0245. The van der Waals surface area contributed by atoms with Crippen molar-refractivity contribution in [3.63, 3.8) is 0 Å². The zero-order valence-electron chi connectivity index (χ0n) is 53.2. The number of amides is 8. The molecule has 4 heterocycles. The van der Waals surface area contributed by atoms with Gasteiger partial charge in [-0.25, -0.2) is 14.2 Å². The van der Waals surface area contributed by atoms with E-state index in [9.17, 15) is 47.9 Å². The summed E-state index contributed by atoms with van der Waals surface area (Å²) in [6.07, 6.45) is 10.7. The van der Waals surface area contributed by atoms with E-state index in [2.05, 4.69) is 38.8 Å². The number of carbonyl (C=O) groups excluding carboxylic acids is 9. The molecule has 2 aliphatic heterocycles. The number of nitrogens with zero attached hydrogens (tertiary/aromatic N) is 3. The van der Waals surface area contributed by atoms with Gasteiger partial charge in [0.05, 0.1) is 55.3 Å². The number of alkyl carbamates (subject to hydrolysis) is 1. The van der Waals surface area contributed by atoms with Crippen LogP contribution < -0.4 is 37.5 Å². The molecule has 482 valence electrons. The van der Waals surface area contributed by atoms with Crippen molar-refractivity contribution in [2.45, 2.75) is 176 Å². The number of hydrogen-bond acceptors (Lipinski definition) is 14. The van der Waals surface area contributed by atoms with Gasteiger partial charge in [0.1, 0.15) is 24.8 Å². The molecule has 23 heteroatoms. The molecule has 4 aliphatic rings. The second kappa shape index (κ2) is 32.3. The third-order valence-corrected chi connectivity index (χ3v) is 16.5. The second-order valence-electron chi connectivity index (χ2n) is 24.4. The molecule has 2 aliphatic carbocycles. The average molecular weight is 1230 g/mol. The van der Waals surface area contributed by atoms with E-state index in [0.29, 0.717) is 89.6 Å². The molecule has 1 saturated carbocycles. The molecule has 6 N–H and O–H groups in total. The number of aryl methyl sites for hydroxylation is 1. The van der Waals surface area contributed by atoms with E-state index in [0.717, 1.165) is 53.5 Å². The number of fused-ring (bicyclic) bond motifs is 4. The first-order valence-electron chi connectivity index (χ1n) is 30.7. The third-order valence-electron chi connectivity index (χ3n) is 16.5. The summed E-state index contributed by atoms with van der Waals surface area (Å²) < 4.78 is 33.3. The zero-order valence-corrected chi connectivity index (χ0v) is 53.2. The fourth-order valence-electron chi connectivity index (χ4n) is 11.4. The number of imide groups is 1. The van der Waals surface area contributed by atoms with Crippen molar-refractivity contribution in [1.82, 2.24) is 41.0 Å². The number of benzene rings is 2. The summed E-state index contributed by atoms with van der Waals surface area (Å²) in [4.78, 5) is 127. The molecule has 1 fully saturated rings. The minimum atomic E-state index is -0.763. The van der Waals surface area contributed by atoms with Crippen LogP contribution in [0.3, 0.4) is 0 Å². The van der Waals surface area contributed by atoms with Crippen molar-refractivity contribution < 1.29 is 61.8 Å². The van der Waals surface area contributed by atoms with Gasteiger partial charge in [-0.2, -0.15) is 0 Å². The van der Waals surface area contributed by atoms with Crippen molar-refractivity contribution in [3.05, 3.63) is 104 Å². The minimum Gasteiger partial charge on any atom is -0.445 e. The molecule has 2 aromatic heterocycles. The number of anilines is 1. The van der Waals surface area contributed by atoms with Crippen LogP contribution in [0.15, 0.2) is 53.3 Å². The minimum absolute atomic E-state index is 0.0119. The van der Waals surface area contributed by atoms with E-state index in [4.69, 9.17) is 19.2 Å². The van der Waals surface area contributed by atoms with E-state index < -0.39 is 41.7 Å². The number of hydrogen-bond donors (Lipinski definition) is 6. The lowest BCUT2D eigenvalue weighted by atomic mass is 9.82. The first kappa shape index (κ1) is 69.9. The summed E-state index contributed by atoms with van der Waals surface area (Å²) in [7, 11) is 1.49. The number of rotatable bonds is 25. The molecule has 8 amide bonds. The van der Waals surface area contributed by atoms with E-state index in [1.54, 1.807) is 56.5 Å². The van der Waals surface area contributed by atoms with Crippen molar-refractivity contribution in [2.75, 3.05) is 38.7 Å². The highest BCUT2D eigenvalue weighted by atomic mass is 19.1. The summed E-state index contributed by atoms with van der Waals surface area (Å²) in [5.74, 6) is -1.40. The summed E-state index contributed by atoms with van der Waals surface area (Å²) in [5.41, 5.74) is 5.69. The molecule has 0 bridgehead atoms. The number of aldehydes is 1. The largest absolute Gasteiger partial charge is 0.445 e. The van der Waals surface area contributed by atoms with Gasteiger partial charge in [0.15, 0.2) is 0 Å². The summed E-state index contributed by atoms with van der Waals surface area (Å²) in [5, 5.41) is 16.8. The standard InChI is InChI=1S/C43H49FN6O8.C12H17NO2.C11H22N2O3/c1-7-25(19-51)28-15-34-40-29(18-50(34)42(55)30(28)21-57-6)38-32(14-13-27-23(5)31(44)16-33(47-40)37(27)38)48-43(56)58-20-24-9-11-26(12-10-24)46-36(53)17-45-41(54)39(22(3)4)49-35(52)8-2;1-9-2-4-10(5-3-9)8-13-11(14)6-7-12(13)15;1-9(2)16-6-5-11(3,4)13-10(15)7-12-8-14/h9-12,15-16,19,22,25,32,39H,7-8,13-14,17-18,20-21H2,1-6H3,(H,45,54)(H,46,53)(H,48,56)(H,49,52);6-7,9-10H,2-5,8H2,1H3;8-9H,5-7H2,1-4H3,(H,12,14)(H,13,15). The van der Waals surface area contributed by atoms with Crippen LogP contribution in [-0.4, -0.2) is 120 Å². The predicted octanol–water partition coefficient (Wildman–Crippen LogP) is 7.41. The molecule has 0 radical (unpaired) electrons. The molecule has 8 rings (SSSR count). The van der Waals surface area contributed by atoms with Crippen LogP contribution in [0, 0.1) is 30.5 Å². The van der Waals surface area contributed by atoms with Gasteiger partial charge >= 0.3 is 6.09 Å². The molecule has 0 saturated heterocycles. The molecule has 3 atom stereocenters. The second-order valence-corrected chi connectivity index (χ2v) is 24.4. The predicted molar refractivity (Wildman–Crippen MR) is 334 cm³/mol. The van der Waals surface area contributed by atoms with Crippen molar-refractivity contribution in [1.29, 1.82) is 0 Å². The van der Waals surface area contributed by atoms with Crippen LogP contribution in [0.25, 0.3) is 22.3 Å². The number of carbonyl (C=O) groups is 9. The Morgan fingerprint density at radius 3 is 2.17 bits per heavy atom. The maximum atomic E-state index is 15.3. The number of halogens is 1. The molecule has 4 aromatic rings. The Kier molecular flexibility index (Phi) is 25.4. The van der Waals surface area contributed by atoms with E-state index in [1.165, 1.54) is 43.1 Å². The van der Waals surface area contributed by atoms with Gasteiger partial charge in [0.25, 0.3) is 17.4 Å². The highest BCUT2D eigenvalue weighted by Gasteiger charge is 2.36. The number of ether oxygens (including phenoxy) is 3.